The smallest absolute Gasteiger partial charge is 0.0950 e. The van der Waals surface area contributed by atoms with E-state index in [2.05, 4.69) is 55.6 Å². The average Bonchev–Trinajstić information content (AvgIpc) is 2.74. The number of aromatic nitrogens is 2. The van der Waals surface area contributed by atoms with E-state index in [9.17, 15) is 0 Å². The minimum absolute atomic E-state index is 0.560. The number of imidazole rings is 1. The Hall–Kier alpha value is -1.09. The highest BCUT2D eigenvalue weighted by Gasteiger charge is 2.06. The molecule has 1 aromatic rings. The van der Waals surface area contributed by atoms with Crippen molar-refractivity contribution in [2.45, 2.75) is 41.2 Å². The molecule has 0 amide bonds. The molecular weight excluding hydrogens is 222 g/mol. The molecule has 1 rings (SSSR count). The van der Waals surface area contributed by atoms with E-state index in [0.717, 1.165) is 19.6 Å². The largest absolute Gasteiger partial charge is 0.331 e. The molecule has 1 aromatic heterocycles. The summed E-state index contributed by atoms with van der Waals surface area (Å²) in [4.78, 5) is 4.21. The first-order valence-electron chi connectivity index (χ1n) is 6.95. The first kappa shape index (κ1) is 15.0. The van der Waals surface area contributed by atoms with Crippen LogP contribution in [0.25, 0.3) is 6.08 Å². The average molecular weight is 249 g/mol. The summed E-state index contributed by atoms with van der Waals surface area (Å²) in [5.74, 6) is 1.25. The van der Waals surface area contributed by atoms with Crippen molar-refractivity contribution >= 4 is 6.08 Å². The Balaban J connectivity index is 2.72. The molecule has 0 radical (unpaired) electrons. The molecule has 18 heavy (non-hydrogen) atoms. The van der Waals surface area contributed by atoms with Crippen molar-refractivity contribution in [3.05, 3.63) is 23.8 Å². The van der Waals surface area contributed by atoms with E-state index in [4.69, 9.17) is 0 Å². The van der Waals surface area contributed by atoms with Gasteiger partial charge in [0.15, 0.2) is 0 Å². The zero-order valence-corrected chi connectivity index (χ0v) is 12.4. The maximum atomic E-state index is 4.21. The van der Waals surface area contributed by atoms with Crippen molar-refractivity contribution in [3.63, 3.8) is 0 Å². The van der Waals surface area contributed by atoms with Gasteiger partial charge in [0.2, 0.25) is 0 Å². The predicted octanol–water partition coefficient (Wildman–Crippen LogP) is 3.19. The Morgan fingerprint density at radius 1 is 1.39 bits per heavy atom. The molecular formula is C15H27N3. The van der Waals surface area contributed by atoms with Crippen LogP contribution in [0.15, 0.2) is 18.1 Å². The lowest BCUT2D eigenvalue weighted by Gasteiger charge is -2.14. The van der Waals surface area contributed by atoms with Gasteiger partial charge in [0.1, 0.15) is 0 Å². The van der Waals surface area contributed by atoms with Gasteiger partial charge in [-0.15, -0.1) is 0 Å². The van der Waals surface area contributed by atoms with Crippen molar-refractivity contribution in [3.8, 4) is 0 Å². The van der Waals surface area contributed by atoms with Crippen LogP contribution in [0.4, 0.5) is 0 Å². The topological polar surface area (TPSA) is 29.9 Å². The summed E-state index contributed by atoms with van der Waals surface area (Å²) in [6, 6.07) is 0. The molecule has 1 heterocycles. The number of hydrogen-bond donors (Lipinski definition) is 1. The fourth-order valence-corrected chi connectivity index (χ4v) is 1.83. The Bertz CT molecular complexity index is 375. The third-order valence-electron chi connectivity index (χ3n) is 3.04. The van der Waals surface area contributed by atoms with Gasteiger partial charge in [-0.1, -0.05) is 33.3 Å². The molecule has 0 atom stereocenters. The standard InChI is InChI=1S/C15H27N3/c1-6-18-11-17-10-15(18)7-14(13(4)5)9-16-8-12(2)3/h7,10-13,16H,6,8-9H2,1-5H3. The van der Waals surface area contributed by atoms with Crippen LogP contribution in [0.2, 0.25) is 0 Å². The predicted molar refractivity (Wildman–Crippen MR) is 78.4 cm³/mol. The highest BCUT2D eigenvalue weighted by molar-refractivity contribution is 5.49. The van der Waals surface area contributed by atoms with Crippen LogP contribution >= 0.6 is 0 Å². The molecule has 0 saturated carbocycles. The normalized spacial score (nSPS) is 12.7. The number of nitrogens with zero attached hydrogens (tertiary/aromatic N) is 2. The summed E-state index contributed by atoms with van der Waals surface area (Å²) < 4.78 is 2.17. The molecule has 0 fully saturated rings. The first-order valence-corrected chi connectivity index (χ1v) is 6.95. The molecule has 3 nitrogen and oxygen atoms in total. The summed E-state index contributed by atoms with van der Waals surface area (Å²) in [7, 11) is 0. The summed E-state index contributed by atoms with van der Waals surface area (Å²) in [6.45, 7) is 14.1. The highest BCUT2D eigenvalue weighted by Crippen LogP contribution is 2.14. The molecule has 0 aliphatic rings. The first-order chi connectivity index (χ1) is 8.54. The number of aryl methyl sites for hydroxylation is 1. The van der Waals surface area contributed by atoms with Crippen molar-refractivity contribution < 1.29 is 0 Å². The van der Waals surface area contributed by atoms with Crippen LogP contribution < -0.4 is 5.32 Å². The van der Waals surface area contributed by atoms with Gasteiger partial charge < -0.3 is 9.88 Å². The molecule has 0 spiro atoms. The Kier molecular flexibility index (Phi) is 6.13. The molecule has 0 saturated heterocycles. The van der Waals surface area contributed by atoms with E-state index >= 15 is 0 Å². The fraction of sp³-hybridized carbons (Fsp3) is 0.667. The van der Waals surface area contributed by atoms with Gasteiger partial charge in [0.25, 0.3) is 0 Å². The molecule has 3 heteroatoms. The van der Waals surface area contributed by atoms with Gasteiger partial charge in [0, 0.05) is 13.1 Å². The van der Waals surface area contributed by atoms with Gasteiger partial charge in [-0.25, -0.2) is 4.98 Å². The molecule has 0 aliphatic heterocycles. The van der Waals surface area contributed by atoms with Crippen molar-refractivity contribution in [2.75, 3.05) is 13.1 Å². The zero-order valence-electron chi connectivity index (χ0n) is 12.4. The van der Waals surface area contributed by atoms with E-state index in [1.54, 1.807) is 0 Å². The van der Waals surface area contributed by atoms with Gasteiger partial charge in [-0.05, 0) is 31.4 Å². The monoisotopic (exact) mass is 249 g/mol. The maximum absolute atomic E-state index is 4.21. The summed E-state index contributed by atoms with van der Waals surface area (Å²) in [6.07, 6.45) is 6.11. The molecule has 0 bridgehead atoms. The van der Waals surface area contributed by atoms with Crippen LogP contribution in [-0.2, 0) is 6.54 Å². The van der Waals surface area contributed by atoms with Crippen molar-refractivity contribution in [1.29, 1.82) is 0 Å². The second kappa shape index (κ2) is 7.37. The lowest BCUT2D eigenvalue weighted by atomic mass is 10.0. The molecule has 1 N–H and O–H groups in total. The maximum Gasteiger partial charge on any atom is 0.0950 e. The van der Waals surface area contributed by atoms with Crippen LogP contribution in [0.1, 0.15) is 40.3 Å². The minimum atomic E-state index is 0.560. The third kappa shape index (κ3) is 4.65. The summed E-state index contributed by atoms with van der Waals surface area (Å²) in [5.41, 5.74) is 2.64. The van der Waals surface area contributed by atoms with Crippen LogP contribution in [0.3, 0.4) is 0 Å². The van der Waals surface area contributed by atoms with Gasteiger partial charge in [0.05, 0.1) is 18.2 Å². The lowest BCUT2D eigenvalue weighted by Crippen LogP contribution is -2.23. The van der Waals surface area contributed by atoms with E-state index in [0.29, 0.717) is 11.8 Å². The quantitative estimate of drug-likeness (QED) is 0.804. The van der Waals surface area contributed by atoms with E-state index in [1.165, 1.54) is 11.3 Å². The van der Waals surface area contributed by atoms with Crippen molar-refractivity contribution in [1.82, 2.24) is 14.9 Å². The van der Waals surface area contributed by atoms with Crippen LogP contribution in [0.5, 0.6) is 0 Å². The van der Waals surface area contributed by atoms with Gasteiger partial charge >= 0.3 is 0 Å². The number of nitrogens with one attached hydrogen (secondary N) is 1. The minimum Gasteiger partial charge on any atom is -0.331 e. The van der Waals surface area contributed by atoms with E-state index in [1.807, 2.05) is 12.5 Å². The Morgan fingerprint density at radius 2 is 2.11 bits per heavy atom. The van der Waals surface area contributed by atoms with E-state index < -0.39 is 0 Å². The Labute approximate surface area is 111 Å². The molecule has 0 aliphatic carbocycles. The molecule has 0 aromatic carbocycles. The van der Waals surface area contributed by atoms with E-state index in [-0.39, 0.29) is 0 Å². The Morgan fingerprint density at radius 3 is 2.67 bits per heavy atom. The van der Waals surface area contributed by atoms with Crippen molar-refractivity contribution in [2.24, 2.45) is 11.8 Å². The van der Waals surface area contributed by atoms with Gasteiger partial charge in [-0.2, -0.15) is 0 Å². The van der Waals surface area contributed by atoms with Gasteiger partial charge in [-0.3, -0.25) is 0 Å². The van der Waals surface area contributed by atoms with Crippen LogP contribution in [0, 0.1) is 11.8 Å². The second-order valence-corrected chi connectivity index (χ2v) is 5.50. The zero-order chi connectivity index (χ0) is 13.5. The SMILES string of the molecule is CCn1cncc1C=C(CNCC(C)C)C(C)C. The lowest BCUT2D eigenvalue weighted by molar-refractivity contribution is 0.558. The number of rotatable bonds is 7. The summed E-state index contributed by atoms with van der Waals surface area (Å²) in [5, 5.41) is 3.52. The number of hydrogen-bond acceptors (Lipinski definition) is 2. The van der Waals surface area contributed by atoms with Crippen LogP contribution in [-0.4, -0.2) is 22.6 Å². The molecule has 0 unspecified atom stereocenters. The second-order valence-electron chi connectivity index (χ2n) is 5.50. The third-order valence-corrected chi connectivity index (χ3v) is 3.04. The summed E-state index contributed by atoms with van der Waals surface area (Å²) >= 11 is 0. The molecule has 102 valence electrons. The highest BCUT2D eigenvalue weighted by atomic mass is 15.0. The fourth-order valence-electron chi connectivity index (χ4n) is 1.83.